The number of rotatable bonds is 9. The van der Waals surface area contributed by atoms with E-state index in [0.717, 1.165) is 34.7 Å². The molecule has 0 saturated carbocycles. The van der Waals surface area contributed by atoms with Gasteiger partial charge in [0, 0.05) is 54.9 Å². The fourth-order valence-electron chi connectivity index (χ4n) is 3.03. The van der Waals surface area contributed by atoms with Crippen molar-refractivity contribution in [2.24, 2.45) is 7.05 Å². The number of pyridine rings is 1. The van der Waals surface area contributed by atoms with Gasteiger partial charge in [-0.05, 0) is 18.1 Å². The minimum Gasteiger partial charge on any atom is -0.305 e. The Hall–Kier alpha value is -3.18. The molecule has 7 nitrogen and oxygen atoms in total. The number of thioether (sulfide) groups is 1. The van der Waals surface area contributed by atoms with Gasteiger partial charge in [-0.25, -0.2) is 0 Å². The smallest absolute Gasteiger partial charge is 0.269 e. The highest BCUT2D eigenvalue weighted by atomic mass is 32.2. The highest BCUT2D eigenvalue weighted by Crippen LogP contribution is 2.26. The largest absolute Gasteiger partial charge is 0.305 e. The molecule has 0 radical (unpaired) electrons. The van der Waals surface area contributed by atoms with Crippen LogP contribution in [0.2, 0.25) is 0 Å². The molecule has 2 heterocycles. The van der Waals surface area contributed by atoms with Gasteiger partial charge in [0.15, 0.2) is 11.0 Å². The van der Waals surface area contributed by atoms with E-state index in [0.29, 0.717) is 11.6 Å². The van der Waals surface area contributed by atoms with Crippen LogP contribution in [0, 0.1) is 22.0 Å². The van der Waals surface area contributed by atoms with Crippen molar-refractivity contribution in [1.29, 1.82) is 0 Å². The highest BCUT2D eigenvalue weighted by molar-refractivity contribution is 7.98. The van der Waals surface area contributed by atoms with Gasteiger partial charge < -0.3 is 4.57 Å². The summed E-state index contributed by atoms with van der Waals surface area (Å²) < 4.78 is 1.90. The first kappa shape index (κ1) is 22.5. The number of non-ortho nitro benzene ring substituents is 1. The Morgan fingerprint density at radius 3 is 2.84 bits per heavy atom. The molecule has 0 unspecified atom stereocenters. The van der Waals surface area contributed by atoms with Gasteiger partial charge in [-0.2, -0.15) is 0 Å². The first-order valence-corrected chi connectivity index (χ1v) is 11.3. The molecule has 160 valence electrons. The van der Waals surface area contributed by atoms with Crippen molar-refractivity contribution in [3.05, 3.63) is 64.0 Å². The van der Waals surface area contributed by atoms with E-state index in [4.69, 9.17) is 0 Å². The molecule has 3 aromatic rings. The van der Waals surface area contributed by atoms with Crippen molar-refractivity contribution < 1.29 is 4.92 Å². The molecule has 0 atom stereocenters. The average Bonchev–Trinajstić information content (AvgIpc) is 3.15. The average molecular weight is 436 g/mol. The molecule has 3 rings (SSSR count). The Bertz CT molecular complexity index is 1100. The van der Waals surface area contributed by atoms with Crippen LogP contribution < -0.4 is 0 Å². The SMILES string of the molecule is CCCCCCC#Cc1cncc(-c2nnc(SCc3cccc([N+](=O)[O-])c3)n2C)c1. The maximum absolute atomic E-state index is 11.0. The zero-order chi connectivity index (χ0) is 22.1. The molecule has 0 aliphatic heterocycles. The maximum Gasteiger partial charge on any atom is 0.269 e. The van der Waals surface area contributed by atoms with Crippen molar-refractivity contribution in [2.75, 3.05) is 0 Å². The van der Waals surface area contributed by atoms with E-state index in [9.17, 15) is 10.1 Å². The van der Waals surface area contributed by atoms with Gasteiger partial charge in [0.2, 0.25) is 0 Å². The molecule has 0 saturated heterocycles. The summed E-state index contributed by atoms with van der Waals surface area (Å²) in [4.78, 5) is 14.9. The van der Waals surface area contributed by atoms with E-state index >= 15 is 0 Å². The lowest BCUT2D eigenvalue weighted by Crippen LogP contribution is -1.96. The molecular weight excluding hydrogens is 410 g/mol. The molecule has 1 aromatic carbocycles. The van der Waals surface area contributed by atoms with Crippen LogP contribution in [-0.2, 0) is 12.8 Å². The summed E-state index contributed by atoms with van der Waals surface area (Å²) in [6, 6.07) is 8.61. The van der Waals surface area contributed by atoms with Crippen LogP contribution in [0.5, 0.6) is 0 Å². The third-order valence-electron chi connectivity index (χ3n) is 4.71. The van der Waals surface area contributed by atoms with Crippen molar-refractivity contribution >= 4 is 17.4 Å². The number of benzene rings is 1. The minimum absolute atomic E-state index is 0.0890. The molecule has 0 bridgehead atoms. The van der Waals surface area contributed by atoms with Crippen molar-refractivity contribution in [3.8, 4) is 23.2 Å². The Balaban J connectivity index is 1.66. The van der Waals surface area contributed by atoms with Crippen LogP contribution >= 0.6 is 11.8 Å². The number of aromatic nitrogens is 4. The second-order valence-corrected chi connectivity index (χ2v) is 8.10. The molecule has 31 heavy (non-hydrogen) atoms. The Labute approximate surface area is 186 Å². The predicted molar refractivity (Wildman–Crippen MR) is 123 cm³/mol. The van der Waals surface area contributed by atoms with E-state index in [1.165, 1.54) is 37.1 Å². The summed E-state index contributed by atoms with van der Waals surface area (Å²) in [6.07, 6.45) is 9.24. The number of nitro groups is 1. The summed E-state index contributed by atoms with van der Waals surface area (Å²) in [5.74, 6) is 7.69. The van der Waals surface area contributed by atoms with Gasteiger partial charge in [-0.15, -0.1) is 10.2 Å². The number of unbranched alkanes of at least 4 members (excludes halogenated alkanes) is 4. The number of nitro benzene ring substituents is 1. The Morgan fingerprint density at radius 1 is 1.16 bits per heavy atom. The van der Waals surface area contributed by atoms with Crippen LogP contribution in [0.1, 0.15) is 50.2 Å². The molecule has 0 spiro atoms. The van der Waals surface area contributed by atoms with Gasteiger partial charge in [0.1, 0.15) is 0 Å². The molecule has 0 fully saturated rings. The standard InChI is InChI=1S/C23H25N5O2S/c1-3-4-5-6-7-8-10-18-13-20(16-24-15-18)22-25-26-23(27(22)2)31-17-19-11-9-12-21(14-19)28(29)30/h9,11-16H,3-7,17H2,1-2H3. The lowest BCUT2D eigenvalue weighted by atomic mass is 10.1. The van der Waals surface area contributed by atoms with Crippen molar-refractivity contribution in [2.45, 2.75) is 49.9 Å². The third-order valence-corrected chi connectivity index (χ3v) is 5.80. The Morgan fingerprint density at radius 2 is 2.03 bits per heavy atom. The fourth-order valence-corrected chi connectivity index (χ4v) is 3.89. The van der Waals surface area contributed by atoms with E-state index in [1.807, 2.05) is 23.7 Å². The molecule has 8 heteroatoms. The Kier molecular flexibility index (Phi) is 8.19. The van der Waals surface area contributed by atoms with Crippen molar-refractivity contribution in [1.82, 2.24) is 19.7 Å². The molecule has 0 aliphatic rings. The van der Waals surface area contributed by atoms with Crippen LogP contribution in [-0.4, -0.2) is 24.7 Å². The van der Waals surface area contributed by atoms with Crippen LogP contribution in [0.3, 0.4) is 0 Å². The summed E-state index contributed by atoms with van der Waals surface area (Å²) in [7, 11) is 1.90. The predicted octanol–water partition coefficient (Wildman–Crippen LogP) is 5.40. The van der Waals surface area contributed by atoms with Gasteiger partial charge in [0.25, 0.3) is 5.69 Å². The van der Waals surface area contributed by atoms with E-state index in [2.05, 4.69) is 33.9 Å². The minimum atomic E-state index is -0.386. The summed E-state index contributed by atoms with van der Waals surface area (Å²) in [5, 5.41) is 20.3. The molecular formula is C23H25N5O2S. The molecule has 0 N–H and O–H groups in total. The quantitative estimate of drug-likeness (QED) is 0.147. The highest BCUT2D eigenvalue weighted by Gasteiger charge is 2.13. The summed E-state index contributed by atoms with van der Waals surface area (Å²) >= 11 is 1.48. The second-order valence-electron chi connectivity index (χ2n) is 7.16. The number of hydrogen-bond donors (Lipinski definition) is 0. The van der Waals surface area contributed by atoms with Gasteiger partial charge in [-0.3, -0.25) is 15.1 Å². The van der Waals surface area contributed by atoms with Gasteiger partial charge in [-0.1, -0.05) is 61.9 Å². The van der Waals surface area contributed by atoms with E-state index in [1.54, 1.807) is 24.5 Å². The third kappa shape index (κ3) is 6.40. The zero-order valence-electron chi connectivity index (χ0n) is 17.7. The first-order chi connectivity index (χ1) is 15.1. The summed E-state index contributed by atoms with van der Waals surface area (Å²) in [6.45, 7) is 2.20. The maximum atomic E-state index is 11.0. The first-order valence-electron chi connectivity index (χ1n) is 10.3. The van der Waals surface area contributed by atoms with Crippen LogP contribution in [0.25, 0.3) is 11.4 Å². The van der Waals surface area contributed by atoms with Gasteiger partial charge in [0.05, 0.1) is 4.92 Å². The topological polar surface area (TPSA) is 86.7 Å². The normalized spacial score (nSPS) is 10.5. The molecule has 0 amide bonds. The van der Waals surface area contributed by atoms with Crippen molar-refractivity contribution in [3.63, 3.8) is 0 Å². The summed E-state index contributed by atoms with van der Waals surface area (Å²) in [5.41, 5.74) is 2.67. The number of nitrogens with zero attached hydrogens (tertiary/aromatic N) is 5. The lowest BCUT2D eigenvalue weighted by molar-refractivity contribution is -0.384. The van der Waals surface area contributed by atoms with E-state index in [-0.39, 0.29) is 10.6 Å². The molecule has 2 aromatic heterocycles. The number of hydrogen-bond acceptors (Lipinski definition) is 6. The lowest BCUT2D eigenvalue weighted by Gasteiger charge is -2.04. The molecule has 0 aliphatic carbocycles. The van der Waals surface area contributed by atoms with E-state index < -0.39 is 0 Å². The fraction of sp³-hybridized carbons (Fsp3) is 0.348. The van der Waals surface area contributed by atoms with Crippen LogP contribution in [0.15, 0.2) is 47.9 Å². The monoisotopic (exact) mass is 435 g/mol. The van der Waals surface area contributed by atoms with Crippen LogP contribution in [0.4, 0.5) is 5.69 Å². The second kappa shape index (κ2) is 11.3. The van der Waals surface area contributed by atoms with Gasteiger partial charge >= 0.3 is 0 Å². The zero-order valence-corrected chi connectivity index (χ0v) is 18.6.